The molecule has 1 aliphatic heterocycles. The molecule has 5 heteroatoms. The number of rotatable bonds is 5. The zero-order valence-electron chi connectivity index (χ0n) is 23.2. The van der Waals surface area contributed by atoms with Crippen molar-refractivity contribution in [1.29, 1.82) is 0 Å². The Hall–Kier alpha value is -4.75. The Morgan fingerprint density at radius 2 is 1.47 bits per heavy atom. The largest absolute Gasteiger partial charge is 0.455 e. The molecule has 1 aliphatic carbocycles. The molecule has 0 fully saturated rings. The smallest absolute Gasteiger partial charge is 0.161 e. The van der Waals surface area contributed by atoms with E-state index in [1.54, 1.807) is 6.20 Å². The number of aromatic nitrogens is 1. The third-order valence-electron chi connectivity index (χ3n) is 7.73. The van der Waals surface area contributed by atoms with Crippen molar-refractivity contribution in [3.63, 3.8) is 0 Å². The van der Waals surface area contributed by atoms with Gasteiger partial charge in [-0.15, -0.1) is 0 Å². The molecule has 4 aromatic carbocycles. The van der Waals surface area contributed by atoms with E-state index in [1.165, 1.54) is 5.57 Å². The normalized spacial score (nSPS) is 15.0. The van der Waals surface area contributed by atoms with Crippen LogP contribution in [0.25, 0.3) is 44.2 Å². The number of para-hydroxylation sites is 2. The number of pyridine rings is 1. The van der Waals surface area contributed by atoms with Gasteiger partial charge in [0.1, 0.15) is 18.5 Å². The van der Waals surface area contributed by atoms with Gasteiger partial charge < -0.3 is 4.42 Å². The molecule has 206 valence electrons. The number of amidine groups is 1. The summed E-state index contributed by atoms with van der Waals surface area (Å²) >= 11 is -0.547. The summed E-state index contributed by atoms with van der Waals surface area (Å²) in [4.78, 5) is 14.9. The zero-order valence-corrected chi connectivity index (χ0v) is 25.4. The topological polar surface area (TPSA) is 50.8 Å². The van der Waals surface area contributed by atoms with Crippen LogP contribution in [0.5, 0.6) is 0 Å². The third-order valence-corrected chi connectivity index (χ3v) is 10.5. The van der Waals surface area contributed by atoms with Crippen molar-refractivity contribution in [3.05, 3.63) is 150 Å². The van der Waals surface area contributed by atoms with E-state index < -0.39 is 20.7 Å². The van der Waals surface area contributed by atoms with Crippen LogP contribution in [0.4, 0.5) is 0 Å². The van der Waals surface area contributed by atoms with Crippen molar-refractivity contribution in [2.45, 2.75) is 12.8 Å². The number of nitrogens with zero attached hydrogens (tertiary/aromatic N) is 3. The molecule has 3 heterocycles. The first-order valence-electron chi connectivity index (χ1n) is 14.4. The van der Waals surface area contributed by atoms with Crippen LogP contribution in [0.2, 0.25) is 0 Å². The van der Waals surface area contributed by atoms with E-state index >= 15 is 0 Å². The summed E-state index contributed by atoms with van der Waals surface area (Å²) in [5.74, 6) is 0.739. The Balaban J connectivity index is 1.35. The summed E-state index contributed by atoms with van der Waals surface area (Å²) in [5, 5.41) is 2.23. The summed E-state index contributed by atoms with van der Waals surface area (Å²) in [5.41, 5.74) is 9.34. The molecule has 0 unspecified atom stereocenters. The van der Waals surface area contributed by atoms with Gasteiger partial charge in [-0.3, -0.25) is 4.98 Å². The molecule has 0 saturated carbocycles. The number of halogens is 1. The Labute approximate surface area is 259 Å². The van der Waals surface area contributed by atoms with Gasteiger partial charge >= 0.3 is 0 Å². The van der Waals surface area contributed by atoms with Crippen LogP contribution in [-0.4, -0.2) is 18.2 Å². The van der Waals surface area contributed by atoms with Crippen molar-refractivity contribution >= 4 is 55.9 Å². The van der Waals surface area contributed by atoms with Gasteiger partial charge in [-0.2, -0.15) is 0 Å². The van der Waals surface area contributed by atoms with E-state index in [4.69, 9.17) is 14.4 Å². The Kier molecular flexibility index (Phi) is 6.72. The third kappa shape index (κ3) is 5.00. The van der Waals surface area contributed by atoms with E-state index in [1.807, 2.05) is 24.4 Å². The summed E-state index contributed by atoms with van der Waals surface area (Å²) < 4.78 is 8.75. The maximum absolute atomic E-state index is 6.46. The molecule has 4 nitrogen and oxygen atoms in total. The fourth-order valence-corrected chi connectivity index (χ4v) is 8.20. The van der Waals surface area contributed by atoms with E-state index in [0.29, 0.717) is 0 Å². The molecule has 0 atom stereocenters. The van der Waals surface area contributed by atoms with Crippen LogP contribution in [0.15, 0.2) is 154 Å². The first kappa shape index (κ1) is 25.9. The minimum absolute atomic E-state index is 0.547. The summed E-state index contributed by atoms with van der Waals surface area (Å²) in [7, 11) is 0. The lowest BCUT2D eigenvalue weighted by atomic mass is 9.95. The van der Waals surface area contributed by atoms with Crippen LogP contribution >= 0.6 is 20.7 Å². The fraction of sp³-hybridized carbons (Fsp3) is 0.0526. The van der Waals surface area contributed by atoms with Crippen LogP contribution in [0, 0.1) is 0 Å². The van der Waals surface area contributed by atoms with Crippen LogP contribution < -0.4 is 0 Å². The second kappa shape index (κ2) is 11.2. The zero-order chi connectivity index (χ0) is 28.6. The van der Waals surface area contributed by atoms with Gasteiger partial charge in [-0.1, -0.05) is 91.0 Å². The predicted molar refractivity (Wildman–Crippen MR) is 187 cm³/mol. The molecule has 43 heavy (non-hydrogen) atoms. The van der Waals surface area contributed by atoms with Crippen molar-refractivity contribution in [2.75, 3.05) is 0 Å². The molecule has 0 saturated heterocycles. The number of fused-ring (bicyclic) bond motifs is 3. The Morgan fingerprint density at radius 3 is 2.33 bits per heavy atom. The van der Waals surface area contributed by atoms with E-state index in [-0.39, 0.29) is 0 Å². The minimum atomic E-state index is -0.547. The number of aliphatic imine (C=N–C) groups is 2. The van der Waals surface area contributed by atoms with Crippen LogP contribution in [0.3, 0.4) is 0 Å². The van der Waals surface area contributed by atoms with Crippen LogP contribution in [0.1, 0.15) is 24.0 Å². The molecular formula is C38H26IN3O. The second-order valence-corrected chi connectivity index (χ2v) is 13.1. The molecule has 0 bridgehead atoms. The van der Waals surface area contributed by atoms with E-state index in [0.717, 1.165) is 81.3 Å². The quantitative estimate of drug-likeness (QED) is 0.172. The molecule has 0 amide bonds. The first-order chi connectivity index (χ1) is 21.3. The van der Waals surface area contributed by atoms with Crippen molar-refractivity contribution in [3.8, 4) is 22.3 Å². The van der Waals surface area contributed by atoms with Gasteiger partial charge in [0.15, 0.2) is 5.84 Å². The minimum Gasteiger partial charge on any atom is -0.455 e. The SMILES string of the molecule is C1=CC(C2=NC(c3cc(-c4cccnc4)cc(-c4cccc5c4oc4ccccc45)c3)=NC(c3ccccc3)=I2)=CCC1. The fourth-order valence-electron chi connectivity index (χ4n) is 5.63. The maximum Gasteiger partial charge on any atom is 0.161 e. The predicted octanol–water partition coefficient (Wildman–Crippen LogP) is 9.90. The standard InChI is InChI=1S/C38H26IN3O/c1-3-11-25(12-4-1)36-39-37(26-13-5-2-6-14-26)42-38(41-36)30-22-28(27-15-10-20-40-24-27)21-29(23-30)31-17-9-18-33-32-16-7-8-19-34(32)43-35(31)33/h1,3-5,7-24H,2,6H2. The van der Waals surface area contributed by atoms with Gasteiger partial charge in [0, 0.05) is 51.0 Å². The number of furan rings is 1. The monoisotopic (exact) mass is 667 g/mol. The van der Waals surface area contributed by atoms with Crippen molar-refractivity contribution in [2.24, 2.45) is 9.98 Å². The molecule has 0 N–H and O–H groups in total. The average molecular weight is 668 g/mol. The van der Waals surface area contributed by atoms with Crippen LogP contribution in [-0.2, 0) is 0 Å². The molecule has 8 rings (SSSR count). The Bertz CT molecular complexity index is 2170. The highest BCUT2D eigenvalue weighted by Gasteiger charge is 2.20. The average Bonchev–Trinajstić information content (AvgIpc) is 3.48. The maximum atomic E-state index is 6.46. The number of benzene rings is 4. The van der Waals surface area contributed by atoms with Gasteiger partial charge in [-0.05, 0) is 75.0 Å². The molecule has 6 aromatic rings. The molecule has 2 aromatic heterocycles. The molecular weight excluding hydrogens is 641 g/mol. The van der Waals surface area contributed by atoms with Crippen molar-refractivity contribution in [1.82, 2.24) is 4.98 Å². The van der Waals surface area contributed by atoms with E-state index in [2.05, 4.69) is 108 Å². The highest BCUT2D eigenvalue weighted by Crippen LogP contribution is 2.38. The number of hydrogen-bond acceptors (Lipinski definition) is 4. The lowest BCUT2D eigenvalue weighted by Crippen LogP contribution is -2.12. The highest BCUT2D eigenvalue weighted by atomic mass is 127. The Morgan fingerprint density at radius 1 is 0.651 bits per heavy atom. The first-order valence-corrected chi connectivity index (χ1v) is 16.5. The summed E-state index contributed by atoms with van der Waals surface area (Å²) in [6.07, 6.45) is 12.6. The van der Waals surface area contributed by atoms with E-state index in [9.17, 15) is 0 Å². The second-order valence-electron chi connectivity index (χ2n) is 10.5. The van der Waals surface area contributed by atoms with Gasteiger partial charge in [0.2, 0.25) is 0 Å². The highest BCUT2D eigenvalue weighted by molar-refractivity contribution is 14.2. The number of hydrogen-bond donors (Lipinski definition) is 0. The lowest BCUT2D eigenvalue weighted by molar-refractivity contribution is 0.670. The lowest BCUT2D eigenvalue weighted by Gasteiger charge is -2.16. The molecule has 0 radical (unpaired) electrons. The van der Waals surface area contributed by atoms with Crippen molar-refractivity contribution < 1.29 is 4.42 Å². The molecule has 2 aliphatic rings. The van der Waals surface area contributed by atoms with Gasteiger partial charge in [0.05, 0.1) is 0 Å². The van der Waals surface area contributed by atoms with Gasteiger partial charge in [-0.25, -0.2) is 9.98 Å². The summed E-state index contributed by atoms with van der Waals surface area (Å²) in [6, 6.07) is 35.8. The molecule has 0 spiro atoms. The van der Waals surface area contributed by atoms with Gasteiger partial charge in [0.25, 0.3) is 0 Å². The number of allylic oxidation sites excluding steroid dienone is 4. The summed E-state index contributed by atoms with van der Waals surface area (Å²) in [6.45, 7) is 0.